The maximum atomic E-state index is 15.5. The first-order chi connectivity index (χ1) is 32.2. The Hall–Kier alpha value is -6.55. The number of amides is 3. The Labute approximate surface area is 385 Å². The summed E-state index contributed by atoms with van der Waals surface area (Å²) in [6, 6.07) is 38.6. The van der Waals surface area contributed by atoms with Gasteiger partial charge in [0.2, 0.25) is 17.7 Å². The van der Waals surface area contributed by atoms with Crippen molar-refractivity contribution >= 4 is 35.3 Å². The van der Waals surface area contributed by atoms with E-state index in [1.807, 2.05) is 84.9 Å². The van der Waals surface area contributed by atoms with Crippen LogP contribution in [-0.4, -0.2) is 53.7 Å². The van der Waals surface area contributed by atoms with E-state index in [0.29, 0.717) is 25.9 Å². The van der Waals surface area contributed by atoms with Gasteiger partial charge < -0.3 is 25.0 Å². The normalized spacial score (nSPS) is 27.4. The van der Waals surface area contributed by atoms with Gasteiger partial charge in [0.05, 0.1) is 23.0 Å². The van der Waals surface area contributed by atoms with Gasteiger partial charge in [0.15, 0.2) is 0 Å². The molecule has 7 aliphatic carbocycles. The number of likely N-dealkylation sites (tertiary alicyclic amines) is 1. The number of hydrogen-bond donors (Lipinski definition) is 2. The van der Waals surface area contributed by atoms with Crippen molar-refractivity contribution in [2.45, 2.75) is 82.5 Å². The van der Waals surface area contributed by atoms with Gasteiger partial charge in [-0.2, -0.15) is 0 Å². The molecule has 1 saturated heterocycles. The number of fused-ring (bicyclic) bond motifs is 1. The molecule has 5 aromatic carbocycles. The van der Waals surface area contributed by atoms with E-state index < -0.39 is 35.7 Å². The van der Waals surface area contributed by atoms with Gasteiger partial charge in [-0.15, -0.1) is 0 Å². The van der Waals surface area contributed by atoms with Crippen LogP contribution in [0.2, 0.25) is 0 Å². The van der Waals surface area contributed by atoms with Crippen molar-refractivity contribution < 1.29 is 33.4 Å². The van der Waals surface area contributed by atoms with Gasteiger partial charge in [0.1, 0.15) is 19.3 Å². The molecular formula is C56H55N3O7. The topological polar surface area (TPSA) is 131 Å². The molecule has 336 valence electrons. The first-order valence-electron chi connectivity index (χ1n) is 23.8. The minimum Gasteiger partial charge on any atom is -0.457 e. The maximum absolute atomic E-state index is 15.5. The fourth-order valence-electron chi connectivity index (χ4n) is 13.5. The van der Waals surface area contributed by atoms with E-state index in [1.54, 1.807) is 4.90 Å². The lowest BCUT2D eigenvalue weighted by atomic mass is 9.49. The smallest absolute Gasteiger partial charge is 0.338 e. The third-order valence-electron chi connectivity index (χ3n) is 15.8. The van der Waals surface area contributed by atoms with Crippen molar-refractivity contribution in [1.82, 2.24) is 10.2 Å². The first-order valence-corrected chi connectivity index (χ1v) is 23.8. The monoisotopic (exact) mass is 881 g/mol. The van der Waals surface area contributed by atoms with Gasteiger partial charge in [-0.05, 0) is 126 Å². The molecule has 0 aromatic heterocycles. The predicted octanol–water partition coefficient (Wildman–Crippen LogP) is 9.19. The largest absolute Gasteiger partial charge is 0.457 e. The van der Waals surface area contributed by atoms with Crippen molar-refractivity contribution in [3.63, 3.8) is 0 Å². The van der Waals surface area contributed by atoms with Crippen LogP contribution < -0.4 is 10.6 Å². The van der Waals surface area contributed by atoms with Crippen LogP contribution in [0.5, 0.6) is 0 Å². The van der Waals surface area contributed by atoms with Gasteiger partial charge >= 0.3 is 11.9 Å². The molecular weight excluding hydrogens is 827 g/mol. The average molecular weight is 882 g/mol. The summed E-state index contributed by atoms with van der Waals surface area (Å²) in [7, 11) is 0. The quantitative estimate of drug-likeness (QED) is 0.120. The van der Waals surface area contributed by atoms with E-state index in [0.717, 1.165) is 51.1 Å². The summed E-state index contributed by atoms with van der Waals surface area (Å²) in [6.45, 7) is 1.03. The number of hydrogen-bond acceptors (Lipinski definition) is 7. The Morgan fingerprint density at radius 3 is 1.55 bits per heavy atom. The number of esters is 2. The average Bonchev–Trinajstić information content (AvgIpc) is 3.84. The molecule has 0 spiro atoms. The molecule has 0 radical (unpaired) electrons. The van der Waals surface area contributed by atoms with E-state index in [9.17, 15) is 14.4 Å². The lowest BCUT2D eigenvalue weighted by molar-refractivity contribution is -0.147. The SMILES string of the molecule is O=C(OCc1ccccc1)c1cc(NC(=O)[C@@H]2CCCN2C(=O)[C@@H]2C3c4ccccc4C(c4ccccc43)[C@@H]2C(=O)NCC23CC4CC(CC(C4)C2)C3)cc(C(=O)OCc2ccccc2)c1. The van der Waals surface area contributed by atoms with Crippen LogP contribution in [0.25, 0.3) is 0 Å². The van der Waals surface area contributed by atoms with Crippen molar-refractivity contribution in [3.8, 4) is 0 Å². The van der Waals surface area contributed by atoms with Crippen LogP contribution in [-0.2, 0) is 37.1 Å². The molecule has 5 fully saturated rings. The molecule has 1 aliphatic heterocycles. The van der Waals surface area contributed by atoms with E-state index in [2.05, 4.69) is 34.9 Å². The van der Waals surface area contributed by atoms with Crippen molar-refractivity contribution in [2.75, 3.05) is 18.4 Å². The molecule has 4 saturated carbocycles. The summed E-state index contributed by atoms with van der Waals surface area (Å²) in [6.07, 6.45) is 8.49. The zero-order chi connectivity index (χ0) is 44.9. The fourth-order valence-corrected chi connectivity index (χ4v) is 13.5. The second-order valence-corrected chi connectivity index (χ2v) is 20.0. The number of carbonyl (C=O) groups is 5. The van der Waals surface area contributed by atoms with Gasteiger partial charge in [0, 0.05) is 30.6 Å². The molecule has 3 amide bonds. The number of rotatable bonds is 12. The number of ether oxygens (including phenoxy) is 2. The summed E-state index contributed by atoms with van der Waals surface area (Å²) in [4.78, 5) is 73.9. The number of nitrogens with zero attached hydrogens (tertiary/aromatic N) is 1. The summed E-state index contributed by atoms with van der Waals surface area (Å²) in [5.74, 6) is -1.88. The van der Waals surface area contributed by atoms with E-state index in [4.69, 9.17) is 9.47 Å². The van der Waals surface area contributed by atoms with Crippen LogP contribution in [0.15, 0.2) is 127 Å². The van der Waals surface area contributed by atoms with Crippen LogP contribution in [0.1, 0.15) is 117 Å². The second kappa shape index (κ2) is 17.3. The third kappa shape index (κ3) is 7.88. The fraction of sp³-hybridized carbons (Fsp3) is 0.375. The van der Waals surface area contributed by atoms with Crippen LogP contribution in [0, 0.1) is 35.0 Å². The Kier molecular flexibility index (Phi) is 11.1. The van der Waals surface area contributed by atoms with Crippen LogP contribution in [0.4, 0.5) is 5.69 Å². The summed E-state index contributed by atoms with van der Waals surface area (Å²) >= 11 is 0. The Morgan fingerprint density at radius 2 is 1.05 bits per heavy atom. The van der Waals surface area contributed by atoms with Gasteiger partial charge in [0.25, 0.3) is 0 Å². The van der Waals surface area contributed by atoms with E-state index in [1.165, 1.54) is 56.7 Å². The summed E-state index contributed by atoms with van der Waals surface area (Å²) < 4.78 is 11.3. The van der Waals surface area contributed by atoms with Crippen LogP contribution in [0.3, 0.4) is 0 Å². The molecule has 13 rings (SSSR count). The molecule has 8 aliphatic rings. The zero-order valence-corrected chi connectivity index (χ0v) is 37.0. The molecule has 10 heteroatoms. The van der Waals surface area contributed by atoms with E-state index >= 15 is 9.59 Å². The third-order valence-corrected chi connectivity index (χ3v) is 15.8. The molecule has 2 N–H and O–H groups in total. The lowest BCUT2D eigenvalue weighted by Gasteiger charge is -2.57. The lowest BCUT2D eigenvalue weighted by Crippen LogP contribution is -2.57. The first kappa shape index (κ1) is 42.1. The number of benzene rings is 5. The zero-order valence-electron chi connectivity index (χ0n) is 37.0. The van der Waals surface area contributed by atoms with Gasteiger partial charge in [-0.25, -0.2) is 9.59 Å². The highest BCUT2D eigenvalue weighted by Gasteiger charge is 2.58. The predicted molar refractivity (Wildman–Crippen MR) is 248 cm³/mol. The van der Waals surface area contributed by atoms with Crippen molar-refractivity contribution in [3.05, 3.63) is 172 Å². The molecule has 0 unspecified atom stereocenters. The minimum atomic E-state index is -0.846. The molecule has 10 nitrogen and oxygen atoms in total. The Morgan fingerprint density at radius 1 is 0.576 bits per heavy atom. The summed E-state index contributed by atoms with van der Waals surface area (Å²) in [5, 5.41) is 6.46. The number of anilines is 1. The molecule has 3 atom stereocenters. The molecule has 6 bridgehead atoms. The summed E-state index contributed by atoms with van der Waals surface area (Å²) in [5.41, 5.74) is 6.35. The highest BCUT2D eigenvalue weighted by molar-refractivity contribution is 6.02. The Balaban J connectivity index is 0.873. The molecule has 1 heterocycles. The number of carbonyl (C=O) groups excluding carboxylic acids is 5. The molecule has 66 heavy (non-hydrogen) atoms. The van der Waals surface area contributed by atoms with E-state index in [-0.39, 0.29) is 59.1 Å². The van der Waals surface area contributed by atoms with Gasteiger partial charge in [-0.1, -0.05) is 109 Å². The number of nitrogens with one attached hydrogen (secondary N) is 2. The standard InChI is InChI=1S/C56H55N3O7/c60-51(58-41-26-39(54(63)65-31-34-12-3-1-4-13-34)25-40(27-41)55(64)66-32-35-14-5-2-6-15-35)46-20-11-21-59(46)53(62)50-48-44-18-9-7-16-42(44)47(43-17-8-10-19-45(43)48)49(50)52(61)57-33-56-28-36-22-37(29-56)24-38(23-36)30-56/h1-10,12-19,25-27,36-38,46-50H,11,20-24,28-33H2,(H,57,61)(H,58,60)/t36?,37?,38?,46-,47?,48?,49-,50+,56?/m0/s1. The van der Waals surface area contributed by atoms with Crippen LogP contribution >= 0.6 is 0 Å². The minimum absolute atomic E-state index is 0.0163. The highest BCUT2D eigenvalue weighted by Crippen LogP contribution is 2.61. The van der Waals surface area contributed by atoms with Gasteiger partial charge in [-0.3, -0.25) is 14.4 Å². The second-order valence-electron chi connectivity index (χ2n) is 20.0. The highest BCUT2D eigenvalue weighted by atomic mass is 16.5. The molecule has 5 aromatic rings. The van der Waals surface area contributed by atoms with Crippen molar-refractivity contribution in [2.24, 2.45) is 35.0 Å². The maximum Gasteiger partial charge on any atom is 0.338 e. The Bertz CT molecular complexity index is 2540. The van der Waals surface area contributed by atoms with Crippen molar-refractivity contribution in [1.29, 1.82) is 0 Å².